The first-order valence-corrected chi connectivity index (χ1v) is 10.4. The van der Waals surface area contributed by atoms with Crippen LogP contribution in [0.1, 0.15) is 35.5 Å². The zero-order valence-corrected chi connectivity index (χ0v) is 18.1. The minimum Gasteiger partial charge on any atom is -0.467 e. The number of hydrogen-bond acceptors (Lipinski definition) is 3. The van der Waals surface area contributed by atoms with Crippen LogP contribution in [0.2, 0.25) is 0 Å². The Kier molecular flexibility index (Phi) is 7.76. The lowest BCUT2D eigenvalue weighted by Crippen LogP contribution is -2.43. The monoisotopic (exact) mass is 440 g/mol. The van der Waals surface area contributed by atoms with Crippen molar-refractivity contribution >= 4 is 11.8 Å². The summed E-state index contributed by atoms with van der Waals surface area (Å²) in [6.07, 6.45) is 1.53. The molecule has 0 spiro atoms. The third-order valence-electron chi connectivity index (χ3n) is 4.86. The van der Waals surface area contributed by atoms with E-state index in [1.54, 1.807) is 29.2 Å². The fourth-order valence-electron chi connectivity index (χ4n) is 3.33. The Morgan fingerprint density at radius 3 is 2.06 bits per heavy atom. The second-order valence-electron chi connectivity index (χ2n) is 8.04. The third-order valence-corrected chi connectivity index (χ3v) is 4.86. The van der Waals surface area contributed by atoms with E-state index in [-0.39, 0.29) is 43.2 Å². The molecule has 0 N–H and O–H groups in total. The fraction of sp³-hybridized carbons (Fsp3) is 0.280. The van der Waals surface area contributed by atoms with Crippen molar-refractivity contribution in [2.24, 2.45) is 5.92 Å². The summed E-state index contributed by atoms with van der Waals surface area (Å²) in [7, 11) is 0. The van der Waals surface area contributed by atoms with Gasteiger partial charge < -0.3 is 14.2 Å². The Bertz CT molecular complexity index is 1020. The van der Waals surface area contributed by atoms with Crippen LogP contribution in [0.5, 0.6) is 0 Å². The molecule has 0 atom stereocenters. The average molecular weight is 440 g/mol. The number of halogens is 2. The number of carbonyl (C=O) groups is 2. The van der Waals surface area contributed by atoms with E-state index >= 15 is 0 Å². The van der Waals surface area contributed by atoms with Gasteiger partial charge in [-0.1, -0.05) is 26.0 Å². The van der Waals surface area contributed by atoms with Crippen LogP contribution in [-0.4, -0.2) is 34.7 Å². The van der Waals surface area contributed by atoms with Crippen molar-refractivity contribution < 1.29 is 22.8 Å². The molecule has 3 aromatic rings. The molecule has 168 valence electrons. The highest BCUT2D eigenvalue weighted by Gasteiger charge is 2.24. The highest BCUT2D eigenvalue weighted by atomic mass is 19.1. The molecule has 0 radical (unpaired) electrons. The van der Waals surface area contributed by atoms with Crippen molar-refractivity contribution in [3.63, 3.8) is 0 Å². The normalized spacial score (nSPS) is 10.9. The van der Waals surface area contributed by atoms with E-state index in [4.69, 9.17) is 4.42 Å². The molecular weight excluding hydrogens is 414 g/mol. The van der Waals surface area contributed by atoms with Crippen LogP contribution >= 0.6 is 0 Å². The van der Waals surface area contributed by atoms with Crippen molar-refractivity contribution in [2.45, 2.75) is 26.9 Å². The van der Waals surface area contributed by atoms with Gasteiger partial charge in [-0.15, -0.1) is 0 Å². The van der Waals surface area contributed by atoms with Crippen LogP contribution in [0, 0.1) is 17.6 Å². The third kappa shape index (κ3) is 6.51. The maximum atomic E-state index is 13.3. The summed E-state index contributed by atoms with van der Waals surface area (Å²) in [5, 5.41) is 0. The van der Waals surface area contributed by atoms with Crippen LogP contribution in [-0.2, 0) is 17.9 Å². The maximum Gasteiger partial charge on any atom is 0.254 e. The Morgan fingerprint density at radius 2 is 1.50 bits per heavy atom. The molecule has 3 rings (SSSR count). The lowest BCUT2D eigenvalue weighted by atomic mass is 10.1. The molecule has 0 aliphatic heterocycles. The van der Waals surface area contributed by atoms with Gasteiger partial charge in [0.25, 0.3) is 5.91 Å². The minimum atomic E-state index is -0.433. The number of amides is 2. The van der Waals surface area contributed by atoms with Crippen LogP contribution in [0.25, 0.3) is 0 Å². The summed E-state index contributed by atoms with van der Waals surface area (Å²) in [4.78, 5) is 29.4. The molecule has 0 fully saturated rings. The Labute approximate surface area is 186 Å². The minimum absolute atomic E-state index is 0.128. The van der Waals surface area contributed by atoms with Gasteiger partial charge in [-0.25, -0.2) is 8.78 Å². The van der Waals surface area contributed by atoms with Gasteiger partial charge in [0, 0.05) is 18.7 Å². The van der Waals surface area contributed by atoms with E-state index in [0.29, 0.717) is 17.9 Å². The molecule has 2 amide bonds. The predicted octanol–water partition coefficient (Wildman–Crippen LogP) is 4.89. The number of furan rings is 1. The van der Waals surface area contributed by atoms with E-state index in [2.05, 4.69) is 0 Å². The van der Waals surface area contributed by atoms with Crippen molar-refractivity contribution in [1.82, 2.24) is 9.80 Å². The molecule has 0 saturated carbocycles. The standard InChI is InChI=1S/C25H26F2N2O3/c1-18(2)14-29(25(31)20-7-11-22(27)12-8-20)17-24(30)28(16-23-4-3-13-32-23)15-19-5-9-21(26)10-6-19/h3-13,18H,14-17H2,1-2H3. The topological polar surface area (TPSA) is 53.8 Å². The lowest BCUT2D eigenvalue weighted by molar-refractivity contribution is -0.133. The van der Waals surface area contributed by atoms with Gasteiger partial charge in [0.15, 0.2) is 0 Å². The highest BCUT2D eigenvalue weighted by Crippen LogP contribution is 2.15. The lowest BCUT2D eigenvalue weighted by Gasteiger charge is -2.28. The van der Waals surface area contributed by atoms with Crippen LogP contribution in [0.4, 0.5) is 8.78 Å². The Morgan fingerprint density at radius 1 is 0.875 bits per heavy atom. The molecule has 0 aliphatic rings. The summed E-state index contributed by atoms with van der Waals surface area (Å²) in [5.41, 5.74) is 1.07. The average Bonchev–Trinajstić information content (AvgIpc) is 3.27. The second kappa shape index (κ2) is 10.7. The van der Waals surface area contributed by atoms with E-state index in [1.165, 1.54) is 47.6 Å². The van der Waals surface area contributed by atoms with Gasteiger partial charge in [0.05, 0.1) is 12.8 Å². The molecule has 1 aromatic heterocycles. The van der Waals surface area contributed by atoms with Gasteiger partial charge in [-0.2, -0.15) is 0 Å². The van der Waals surface area contributed by atoms with Crippen molar-refractivity contribution in [3.05, 3.63) is 95.4 Å². The first-order chi connectivity index (χ1) is 15.3. The molecule has 0 saturated heterocycles. The van der Waals surface area contributed by atoms with Crippen LogP contribution < -0.4 is 0 Å². The summed E-state index contributed by atoms with van der Waals surface area (Å²) >= 11 is 0. The number of rotatable bonds is 9. The summed E-state index contributed by atoms with van der Waals surface area (Å²) < 4.78 is 32.0. The van der Waals surface area contributed by atoms with Gasteiger partial charge in [-0.3, -0.25) is 9.59 Å². The number of nitrogens with zero attached hydrogens (tertiary/aromatic N) is 2. The highest BCUT2D eigenvalue weighted by molar-refractivity contribution is 5.96. The second-order valence-corrected chi connectivity index (χ2v) is 8.04. The smallest absolute Gasteiger partial charge is 0.254 e. The largest absolute Gasteiger partial charge is 0.467 e. The predicted molar refractivity (Wildman–Crippen MR) is 117 cm³/mol. The number of hydrogen-bond donors (Lipinski definition) is 0. The Hall–Kier alpha value is -3.48. The molecule has 0 aliphatic carbocycles. The molecule has 5 nitrogen and oxygen atoms in total. The molecule has 0 bridgehead atoms. The Balaban J connectivity index is 1.80. The van der Waals surface area contributed by atoms with E-state index in [9.17, 15) is 18.4 Å². The molecular formula is C25H26F2N2O3. The first kappa shape index (κ1) is 23.2. The van der Waals surface area contributed by atoms with Gasteiger partial charge in [0.2, 0.25) is 5.91 Å². The van der Waals surface area contributed by atoms with Gasteiger partial charge in [0.1, 0.15) is 23.9 Å². The zero-order chi connectivity index (χ0) is 23.1. The molecule has 2 aromatic carbocycles. The first-order valence-electron chi connectivity index (χ1n) is 10.4. The van der Waals surface area contributed by atoms with E-state index < -0.39 is 5.82 Å². The van der Waals surface area contributed by atoms with Crippen molar-refractivity contribution in [3.8, 4) is 0 Å². The summed E-state index contributed by atoms with van der Waals surface area (Å²) in [6, 6.07) is 14.7. The molecule has 7 heteroatoms. The van der Waals surface area contributed by atoms with Crippen molar-refractivity contribution in [1.29, 1.82) is 0 Å². The summed E-state index contributed by atoms with van der Waals surface area (Å²) in [5.74, 6) is -0.681. The number of benzene rings is 2. The van der Waals surface area contributed by atoms with Gasteiger partial charge in [-0.05, 0) is 60.0 Å². The molecule has 32 heavy (non-hydrogen) atoms. The van der Waals surface area contributed by atoms with E-state index in [0.717, 1.165) is 5.56 Å². The fourth-order valence-corrected chi connectivity index (χ4v) is 3.33. The summed E-state index contributed by atoms with van der Waals surface area (Å²) in [6.45, 7) is 4.58. The molecule has 1 heterocycles. The van der Waals surface area contributed by atoms with E-state index in [1.807, 2.05) is 13.8 Å². The SMILES string of the molecule is CC(C)CN(CC(=O)N(Cc1ccc(F)cc1)Cc1ccco1)C(=O)c1ccc(F)cc1. The quantitative estimate of drug-likeness (QED) is 0.476. The zero-order valence-electron chi connectivity index (χ0n) is 18.1. The van der Waals surface area contributed by atoms with Crippen LogP contribution in [0.15, 0.2) is 71.3 Å². The number of carbonyl (C=O) groups excluding carboxylic acids is 2. The van der Waals surface area contributed by atoms with Crippen molar-refractivity contribution in [2.75, 3.05) is 13.1 Å². The van der Waals surface area contributed by atoms with Gasteiger partial charge >= 0.3 is 0 Å². The van der Waals surface area contributed by atoms with Crippen LogP contribution in [0.3, 0.4) is 0 Å². The maximum absolute atomic E-state index is 13.3. The molecule has 0 unspecified atom stereocenters.